The smallest absolute Gasteiger partial charge is 0.224 e. The van der Waals surface area contributed by atoms with E-state index in [1.165, 1.54) is 0 Å². The molecule has 0 bridgehead atoms. The Bertz CT molecular complexity index is 827. The molecular formula is C19H24N4O3. The highest BCUT2D eigenvalue weighted by molar-refractivity contribution is 5.86. The van der Waals surface area contributed by atoms with E-state index in [1.54, 1.807) is 6.20 Å². The van der Waals surface area contributed by atoms with Crippen molar-refractivity contribution in [3.05, 3.63) is 30.1 Å². The molecule has 3 heterocycles. The number of aliphatic hydroxyl groups is 1. The van der Waals surface area contributed by atoms with E-state index in [-0.39, 0.29) is 36.3 Å². The first kappa shape index (κ1) is 17.0. The number of rotatable bonds is 6. The lowest BCUT2D eigenvalue weighted by Crippen LogP contribution is -2.39. The van der Waals surface area contributed by atoms with Gasteiger partial charge in [-0.1, -0.05) is 0 Å². The minimum absolute atomic E-state index is 0.00565. The van der Waals surface area contributed by atoms with Crippen LogP contribution in [0.25, 0.3) is 11.0 Å². The number of H-pyrrole nitrogens is 1. The summed E-state index contributed by atoms with van der Waals surface area (Å²) in [6.07, 6.45) is 6.88. The monoisotopic (exact) mass is 356 g/mol. The van der Waals surface area contributed by atoms with E-state index in [0.717, 1.165) is 35.9 Å². The van der Waals surface area contributed by atoms with Crippen molar-refractivity contribution in [1.29, 1.82) is 0 Å². The summed E-state index contributed by atoms with van der Waals surface area (Å²) in [5.74, 6) is 0.0407. The maximum Gasteiger partial charge on any atom is 0.224 e. The van der Waals surface area contributed by atoms with Gasteiger partial charge in [0.1, 0.15) is 0 Å². The Labute approximate surface area is 151 Å². The van der Waals surface area contributed by atoms with Crippen LogP contribution < -0.4 is 5.32 Å². The number of carbonyl (C=O) groups excluding carboxylic acids is 2. The van der Waals surface area contributed by atoms with Crippen molar-refractivity contribution < 1.29 is 14.7 Å². The number of aromatic nitrogens is 2. The SMILES string of the molecule is O=C(Cc1c[nH]c2cccnc12)NC1CCN(C(=O)CC2(CO)CC2)C1. The van der Waals surface area contributed by atoms with E-state index in [1.807, 2.05) is 23.2 Å². The molecule has 2 aromatic rings. The van der Waals surface area contributed by atoms with Gasteiger partial charge in [-0.05, 0) is 31.4 Å². The standard InChI is InChI=1S/C19H24N4O3/c24-12-19(4-5-19)9-17(26)23-7-3-14(11-23)22-16(25)8-13-10-21-15-2-1-6-20-18(13)15/h1-2,6,10,14,21,24H,3-5,7-9,11-12H2,(H,22,25). The van der Waals surface area contributed by atoms with E-state index in [4.69, 9.17) is 0 Å². The average Bonchev–Trinajstić information content (AvgIpc) is 3.06. The molecule has 3 N–H and O–H groups in total. The summed E-state index contributed by atoms with van der Waals surface area (Å²) in [7, 11) is 0. The molecule has 1 saturated carbocycles. The number of carbonyl (C=O) groups is 2. The summed E-state index contributed by atoms with van der Waals surface area (Å²) in [5.41, 5.74) is 2.46. The van der Waals surface area contributed by atoms with Gasteiger partial charge in [-0.2, -0.15) is 0 Å². The number of likely N-dealkylation sites (tertiary alicyclic amines) is 1. The summed E-state index contributed by atoms with van der Waals surface area (Å²) < 4.78 is 0. The van der Waals surface area contributed by atoms with Crippen LogP contribution in [-0.4, -0.2) is 57.5 Å². The molecule has 1 aliphatic carbocycles. The maximum absolute atomic E-state index is 12.4. The number of fused-ring (bicyclic) bond motifs is 1. The lowest BCUT2D eigenvalue weighted by Gasteiger charge is -2.20. The fourth-order valence-corrected chi connectivity index (χ4v) is 3.70. The van der Waals surface area contributed by atoms with Gasteiger partial charge in [-0.3, -0.25) is 14.6 Å². The maximum atomic E-state index is 12.4. The van der Waals surface area contributed by atoms with Crippen LogP contribution in [0.15, 0.2) is 24.5 Å². The number of amides is 2. The van der Waals surface area contributed by atoms with Crippen LogP contribution in [0.3, 0.4) is 0 Å². The van der Waals surface area contributed by atoms with Gasteiger partial charge in [0.2, 0.25) is 11.8 Å². The number of pyridine rings is 1. The molecule has 7 heteroatoms. The molecule has 2 aromatic heterocycles. The summed E-state index contributed by atoms with van der Waals surface area (Å²) >= 11 is 0. The van der Waals surface area contributed by atoms with Crippen LogP contribution in [0.1, 0.15) is 31.2 Å². The third kappa shape index (κ3) is 3.44. The molecule has 2 amide bonds. The second kappa shape index (κ2) is 6.72. The van der Waals surface area contributed by atoms with Crippen molar-refractivity contribution in [1.82, 2.24) is 20.2 Å². The Hall–Kier alpha value is -2.41. The fourth-order valence-electron chi connectivity index (χ4n) is 3.70. The largest absolute Gasteiger partial charge is 0.396 e. The Morgan fingerprint density at radius 1 is 1.42 bits per heavy atom. The van der Waals surface area contributed by atoms with Crippen LogP contribution in [0.4, 0.5) is 0 Å². The van der Waals surface area contributed by atoms with Crippen molar-refractivity contribution >= 4 is 22.8 Å². The zero-order valence-corrected chi connectivity index (χ0v) is 14.7. The van der Waals surface area contributed by atoms with Gasteiger partial charge in [0, 0.05) is 55.5 Å². The molecule has 2 fully saturated rings. The molecule has 0 radical (unpaired) electrons. The molecular weight excluding hydrogens is 332 g/mol. The van der Waals surface area contributed by atoms with Crippen LogP contribution in [0.5, 0.6) is 0 Å². The van der Waals surface area contributed by atoms with Gasteiger partial charge in [0.05, 0.1) is 17.5 Å². The summed E-state index contributed by atoms with van der Waals surface area (Å²) in [5, 5.41) is 12.4. The molecule has 138 valence electrons. The zero-order chi connectivity index (χ0) is 18.1. The third-order valence-electron chi connectivity index (χ3n) is 5.59. The summed E-state index contributed by atoms with van der Waals surface area (Å²) in [6.45, 7) is 1.31. The fraction of sp³-hybridized carbons (Fsp3) is 0.526. The predicted octanol–water partition coefficient (Wildman–Crippen LogP) is 0.985. The number of nitrogens with one attached hydrogen (secondary N) is 2. The van der Waals surface area contributed by atoms with Crippen LogP contribution in [-0.2, 0) is 16.0 Å². The van der Waals surface area contributed by atoms with Gasteiger partial charge in [-0.15, -0.1) is 0 Å². The van der Waals surface area contributed by atoms with Gasteiger partial charge >= 0.3 is 0 Å². The Morgan fingerprint density at radius 2 is 2.27 bits per heavy atom. The minimum Gasteiger partial charge on any atom is -0.396 e. The van der Waals surface area contributed by atoms with E-state index in [2.05, 4.69) is 15.3 Å². The van der Waals surface area contributed by atoms with E-state index in [0.29, 0.717) is 19.5 Å². The number of nitrogens with zero attached hydrogens (tertiary/aromatic N) is 2. The zero-order valence-electron chi connectivity index (χ0n) is 14.7. The highest BCUT2D eigenvalue weighted by atomic mass is 16.3. The van der Waals surface area contributed by atoms with Gasteiger partial charge in [0.25, 0.3) is 0 Å². The molecule has 26 heavy (non-hydrogen) atoms. The number of aliphatic hydroxyl groups excluding tert-OH is 1. The molecule has 0 spiro atoms. The Balaban J connectivity index is 1.29. The van der Waals surface area contributed by atoms with Crippen molar-refractivity contribution in [2.24, 2.45) is 5.41 Å². The second-order valence-corrected chi connectivity index (χ2v) is 7.62. The summed E-state index contributed by atoms with van der Waals surface area (Å²) in [6, 6.07) is 3.78. The van der Waals surface area contributed by atoms with Gasteiger partial charge < -0.3 is 20.3 Å². The quantitative estimate of drug-likeness (QED) is 0.719. The average molecular weight is 356 g/mol. The summed E-state index contributed by atoms with van der Waals surface area (Å²) in [4.78, 5) is 34.0. The van der Waals surface area contributed by atoms with Crippen molar-refractivity contribution in [3.63, 3.8) is 0 Å². The van der Waals surface area contributed by atoms with Crippen molar-refractivity contribution in [2.45, 2.75) is 38.1 Å². The first-order chi connectivity index (χ1) is 12.6. The van der Waals surface area contributed by atoms with E-state index < -0.39 is 0 Å². The van der Waals surface area contributed by atoms with Gasteiger partial charge in [0.15, 0.2) is 0 Å². The number of hydrogen-bond donors (Lipinski definition) is 3. The molecule has 1 aliphatic heterocycles. The van der Waals surface area contributed by atoms with Crippen molar-refractivity contribution in [2.75, 3.05) is 19.7 Å². The van der Waals surface area contributed by atoms with Crippen LogP contribution >= 0.6 is 0 Å². The minimum atomic E-state index is -0.166. The van der Waals surface area contributed by atoms with Crippen molar-refractivity contribution in [3.8, 4) is 0 Å². The molecule has 0 aromatic carbocycles. The lowest BCUT2D eigenvalue weighted by atomic mass is 10.0. The van der Waals surface area contributed by atoms with Crippen LogP contribution in [0, 0.1) is 5.41 Å². The predicted molar refractivity (Wildman–Crippen MR) is 96.3 cm³/mol. The molecule has 2 aliphatic rings. The van der Waals surface area contributed by atoms with E-state index >= 15 is 0 Å². The molecule has 7 nitrogen and oxygen atoms in total. The first-order valence-electron chi connectivity index (χ1n) is 9.18. The molecule has 1 unspecified atom stereocenters. The second-order valence-electron chi connectivity index (χ2n) is 7.62. The normalized spacial score (nSPS) is 21.1. The molecule has 1 atom stereocenters. The highest BCUT2D eigenvalue weighted by Crippen LogP contribution is 2.48. The third-order valence-corrected chi connectivity index (χ3v) is 5.59. The Morgan fingerprint density at radius 3 is 3.04 bits per heavy atom. The lowest BCUT2D eigenvalue weighted by molar-refractivity contribution is -0.132. The molecule has 1 saturated heterocycles. The van der Waals surface area contributed by atoms with Crippen LogP contribution in [0.2, 0.25) is 0 Å². The van der Waals surface area contributed by atoms with Gasteiger partial charge in [-0.25, -0.2) is 0 Å². The Kier molecular flexibility index (Phi) is 4.40. The first-order valence-corrected chi connectivity index (χ1v) is 9.18. The number of aromatic amines is 1. The molecule has 4 rings (SSSR count). The number of hydrogen-bond acceptors (Lipinski definition) is 4. The topological polar surface area (TPSA) is 98.3 Å². The van der Waals surface area contributed by atoms with E-state index in [9.17, 15) is 14.7 Å². The highest BCUT2D eigenvalue weighted by Gasteiger charge is 2.45.